The lowest BCUT2D eigenvalue weighted by Crippen LogP contribution is -2.42. The molecule has 0 spiro atoms. The molecule has 1 heterocycles. The van der Waals surface area contributed by atoms with Gasteiger partial charge in [0.05, 0.1) is 0 Å². The molecule has 1 fully saturated rings. The summed E-state index contributed by atoms with van der Waals surface area (Å²) in [4.78, 5) is 2.66. The quantitative estimate of drug-likeness (QED) is 0.656. The summed E-state index contributed by atoms with van der Waals surface area (Å²) in [5, 5.41) is 3.40. The van der Waals surface area contributed by atoms with Crippen molar-refractivity contribution in [2.45, 2.75) is 45.6 Å². The topological polar surface area (TPSA) is 15.3 Å². The van der Waals surface area contributed by atoms with Crippen LogP contribution >= 0.6 is 0 Å². The third-order valence-electron chi connectivity index (χ3n) is 3.05. The van der Waals surface area contributed by atoms with Gasteiger partial charge in [0, 0.05) is 19.1 Å². The zero-order chi connectivity index (χ0) is 9.52. The van der Waals surface area contributed by atoms with E-state index in [1.165, 1.54) is 38.8 Å². The Morgan fingerprint density at radius 3 is 2.85 bits per heavy atom. The minimum absolute atomic E-state index is 0.868. The lowest BCUT2D eigenvalue weighted by atomic mass is 10.0. The molecule has 0 radical (unpaired) electrons. The van der Waals surface area contributed by atoms with Crippen molar-refractivity contribution in [3.05, 3.63) is 0 Å². The molecule has 1 saturated heterocycles. The highest BCUT2D eigenvalue weighted by molar-refractivity contribution is 4.75. The summed E-state index contributed by atoms with van der Waals surface area (Å²) in [5.74, 6) is 0. The van der Waals surface area contributed by atoms with Crippen LogP contribution in [0.3, 0.4) is 0 Å². The number of hydrogen-bond donors (Lipinski definition) is 1. The molecule has 1 N–H and O–H groups in total. The molecule has 0 amide bonds. The van der Waals surface area contributed by atoms with Gasteiger partial charge in [0.2, 0.25) is 0 Å². The molecule has 1 rings (SSSR count). The van der Waals surface area contributed by atoms with Crippen LogP contribution in [0.2, 0.25) is 0 Å². The first-order valence-electron chi connectivity index (χ1n) is 5.83. The Hall–Kier alpha value is -0.0800. The highest BCUT2D eigenvalue weighted by Crippen LogP contribution is 2.18. The Balaban J connectivity index is 2.19. The number of likely N-dealkylation sites (N-methyl/N-ethyl adjacent to an activating group) is 1. The summed E-state index contributed by atoms with van der Waals surface area (Å²) in [6, 6.07) is 0.868. The summed E-state index contributed by atoms with van der Waals surface area (Å²) in [6.45, 7) is 9.32. The van der Waals surface area contributed by atoms with Crippen molar-refractivity contribution in [2.75, 3.05) is 26.2 Å². The van der Waals surface area contributed by atoms with Crippen LogP contribution in [0.5, 0.6) is 0 Å². The zero-order valence-electron chi connectivity index (χ0n) is 9.18. The summed E-state index contributed by atoms with van der Waals surface area (Å²) in [7, 11) is 0. The first-order valence-corrected chi connectivity index (χ1v) is 5.83. The van der Waals surface area contributed by atoms with Gasteiger partial charge in [-0.2, -0.15) is 0 Å². The fourth-order valence-electron chi connectivity index (χ4n) is 2.22. The average molecular weight is 184 g/mol. The third-order valence-corrected chi connectivity index (χ3v) is 3.05. The number of piperidine rings is 1. The van der Waals surface area contributed by atoms with Gasteiger partial charge in [-0.15, -0.1) is 0 Å². The third kappa shape index (κ3) is 3.65. The van der Waals surface area contributed by atoms with E-state index in [1.54, 1.807) is 0 Å². The van der Waals surface area contributed by atoms with Crippen LogP contribution in [0.1, 0.15) is 39.5 Å². The average Bonchev–Trinajstić information content (AvgIpc) is 2.19. The molecule has 1 unspecified atom stereocenters. The van der Waals surface area contributed by atoms with Crippen molar-refractivity contribution in [1.82, 2.24) is 10.2 Å². The largest absolute Gasteiger partial charge is 0.316 e. The highest BCUT2D eigenvalue weighted by Gasteiger charge is 2.19. The van der Waals surface area contributed by atoms with Crippen molar-refractivity contribution < 1.29 is 0 Å². The Bertz CT molecular complexity index is 125. The molecule has 0 aliphatic carbocycles. The maximum atomic E-state index is 3.40. The van der Waals surface area contributed by atoms with Crippen LogP contribution in [-0.4, -0.2) is 37.1 Å². The SMILES string of the molecule is CCNCCN1CCCCC1CC. The number of nitrogens with one attached hydrogen (secondary N) is 1. The summed E-state index contributed by atoms with van der Waals surface area (Å²) < 4.78 is 0. The van der Waals surface area contributed by atoms with Gasteiger partial charge in [0.1, 0.15) is 0 Å². The first-order chi connectivity index (χ1) is 6.38. The van der Waals surface area contributed by atoms with E-state index >= 15 is 0 Å². The fraction of sp³-hybridized carbons (Fsp3) is 1.00. The number of hydrogen-bond acceptors (Lipinski definition) is 2. The number of nitrogens with zero attached hydrogens (tertiary/aromatic N) is 1. The normalized spacial score (nSPS) is 24.9. The number of likely N-dealkylation sites (tertiary alicyclic amines) is 1. The predicted octanol–water partition coefficient (Wildman–Crippen LogP) is 1.86. The molecule has 13 heavy (non-hydrogen) atoms. The molecule has 78 valence electrons. The highest BCUT2D eigenvalue weighted by atomic mass is 15.2. The van der Waals surface area contributed by atoms with Gasteiger partial charge in [-0.25, -0.2) is 0 Å². The number of rotatable bonds is 5. The molecule has 0 bridgehead atoms. The molecule has 1 aliphatic heterocycles. The van der Waals surface area contributed by atoms with Crippen molar-refractivity contribution >= 4 is 0 Å². The standard InChI is InChI=1S/C11H24N2/c1-3-11-7-5-6-9-13(11)10-8-12-4-2/h11-12H,3-10H2,1-2H3. The second-order valence-corrected chi connectivity index (χ2v) is 3.95. The van der Waals surface area contributed by atoms with Gasteiger partial charge in [-0.3, -0.25) is 4.90 Å². The van der Waals surface area contributed by atoms with E-state index in [9.17, 15) is 0 Å². The molecule has 2 heteroatoms. The lowest BCUT2D eigenvalue weighted by Gasteiger charge is -2.35. The second kappa shape index (κ2) is 6.39. The Morgan fingerprint density at radius 2 is 2.15 bits per heavy atom. The molecule has 1 atom stereocenters. The maximum absolute atomic E-state index is 3.40. The van der Waals surface area contributed by atoms with Crippen LogP contribution in [0, 0.1) is 0 Å². The Morgan fingerprint density at radius 1 is 1.31 bits per heavy atom. The van der Waals surface area contributed by atoms with Gasteiger partial charge in [0.15, 0.2) is 0 Å². The van der Waals surface area contributed by atoms with E-state index in [1.807, 2.05) is 0 Å². The van der Waals surface area contributed by atoms with Gasteiger partial charge in [0.25, 0.3) is 0 Å². The van der Waals surface area contributed by atoms with Gasteiger partial charge < -0.3 is 5.32 Å². The summed E-state index contributed by atoms with van der Waals surface area (Å²) in [5.41, 5.74) is 0. The molecule has 0 aromatic rings. The molecule has 0 aromatic heterocycles. The van der Waals surface area contributed by atoms with Crippen molar-refractivity contribution in [1.29, 1.82) is 0 Å². The smallest absolute Gasteiger partial charge is 0.0110 e. The molecule has 1 aliphatic rings. The zero-order valence-corrected chi connectivity index (χ0v) is 9.18. The molecular weight excluding hydrogens is 160 g/mol. The molecule has 0 aromatic carbocycles. The van der Waals surface area contributed by atoms with Gasteiger partial charge in [-0.1, -0.05) is 20.3 Å². The minimum atomic E-state index is 0.868. The maximum Gasteiger partial charge on any atom is 0.0110 e. The van der Waals surface area contributed by atoms with E-state index in [2.05, 4.69) is 24.1 Å². The fourth-order valence-corrected chi connectivity index (χ4v) is 2.22. The van der Waals surface area contributed by atoms with Crippen LogP contribution < -0.4 is 5.32 Å². The Labute approximate surface area is 82.7 Å². The second-order valence-electron chi connectivity index (χ2n) is 3.95. The van der Waals surface area contributed by atoms with E-state index < -0.39 is 0 Å². The monoisotopic (exact) mass is 184 g/mol. The summed E-state index contributed by atoms with van der Waals surface area (Å²) in [6.07, 6.45) is 5.59. The van der Waals surface area contributed by atoms with Crippen LogP contribution in [0.15, 0.2) is 0 Å². The van der Waals surface area contributed by atoms with Crippen molar-refractivity contribution in [3.63, 3.8) is 0 Å². The van der Waals surface area contributed by atoms with Gasteiger partial charge >= 0.3 is 0 Å². The van der Waals surface area contributed by atoms with E-state index in [0.29, 0.717) is 0 Å². The Kier molecular flexibility index (Phi) is 5.40. The lowest BCUT2D eigenvalue weighted by molar-refractivity contribution is 0.145. The predicted molar refractivity (Wildman–Crippen MR) is 58.0 cm³/mol. The van der Waals surface area contributed by atoms with E-state index in [0.717, 1.165) is 19.1 Å². The van der Waals surface area contributed by atoms with E-state index in [-0.39, 0.29) is 0 Å². The molecule has 2 nitrogen and oxygen atoms in total. The molecule has 0 saturated carbocycles. The van der Waals surface area contributed by atoms with Crippen LogP contribution in [-0.2, 0) is 0 Å². The molecular formula is C11H24N2. The summed E-state index contributed by atoms with van der Waals surface area (Å²) >= 11 is 0. The van der Waals surface area contributed by atoms with Gasteiger partial charge in [-0.05, 0) is 32.4 Å². The van der Waals surface area contributed by atoms with E-state index in [4.69, 9.17) is 0 Å². The van der Waals surface area contributed by atoms with Crippen LogP contribution in [0.4, 0.5) is 0 Å². The van der Waals surface area contributed by atoms with Crippen molar-refractivity contribution in [3.8, 4) is 0 Å². The van der Waals surface area contributed by atoms with Crippen LogP contribution in [0.25, 0.3) is 0 Å². The minimum Gasteiger partial charge on any atom is -0.316 e. The van der Waals surface area contributed by atoms with Crippen molar-refractivity contribution in [2.24, 2.45) is 0 Å². The first kappa shape index (κ1) is 11.0.